The second-order valence-corrected chi connectivity index (χ2v) is 5.50. The molecule has 2 rings (SSSR count). The SMILES string of the molecule is CC(C)n1c(CC(C)(C)N)nc2cccnc21. The van der Waals surface area contributed by atoms with Crippen molar-refractivity contribution in [1.29, 1.82) is 0 Å². The van der Waals surface area contributed by atoms with E-state index >= 15 is 0 Å². The predicted octanol–water partition coefficient (Wildman–Crippen LogP) is 2.29. The molecule has 2 aromatic heterocycles. The van der Waals surface area contributed by atoms with Crippen LogP contribution in [0.1, 0.15) is 39.6 Å². The molecule has 0 atom stereocenters. The number of hydrogen-bond donors (Lipinski definition) is 1. The van der Waals surface area contributed by atoms with Gasteiger partial charge in [-0.25, -0.2) is 9.97 Å². The van der Waals surface area contributed by atoms with Crippen LogP contribution in [0.15, 0.2) is 18.3 Å². The average molecular weight is 232 g/mol. The Morgan fingerprint density at radius 2 is 2.12 bits per heavy atom. The molecule has 0 aromatic carbocycles. The predicted molar refractivity (Wildman–Crippen MR) is 69.9 cm³/mol. The van der Waals surface area contributed by atoms with Crippen LogP contribution >= 0.6 is 0 Å². The maximum absolute atomic E-state index is 6.08. The van der Waals surface area contributed by atoms with E-state index in [4.69, 9.17) is 5.73 Å². The highest BCUT2D eigenvalue weighted by Crippen LogP contribution is 2.21. The van der Waals surface area contributed by atoms with Gasteiger partial charge < -0.3 is 10.3 Å². The van der Waals surface area contributed by atoms with Gasteiger partial charge in [-0.15, -0.1) is 0 Å². The molecule has 0 bridgehead atoms. The highest BCUT2D eigenvalue weighted by molar-refractivity contribution is 5.71. The zero-order chi connectivity index (χ0) is 12.6. The first kappa shape index (κ1) is 12.0. The summed E-state index contributed by atoms with van der Waals surface area (Å²) in [6.45, 7) is 8.32. The van der Waals surface area contributed by atoms with Crippen molar-refractivity contribution in [2.45, 2.75) is 45.7 Å². The molecule has 2 heterocycles. The van der Waals surface area contributed by atoms with Crippen LogP contribution in [0.2, 0.25) is 0 Å². The van der Waals surface area contributed by atoms with Gasteiger partial charge in [-0.1, -0.05) is 0 Å². The Kier molecular flexibility index (Phi) is 2.91. The van der Waals surface area contributed by atoms with Crippen molar-refractivity contribution < 1.29 is 0 Å². The Hall–Kier alpha value is -1.42. The van der Waals surface area contributed by atoms with Gasteiger partial charge in [0.2, 0.25) is 0 Å². The summed E-state index contributed by atoms with van der Waals surface area (Å²) in [4.78, 5) is 9.05. The van der Waals surface area contributed by atoms with Crippen LogP contribution < -0.4 is 5.73 Å². The van der Waals surface area contributed by atoms with E-state index in [2.05, 4.69) is 28.4 Å². The maximum Gasteiger partial charge on any atom is 0.160 e. The summed E-state index contributed by atoms with van der Waals surface area (Å²) in [6, 6.07) is 4.25. The summed E-state index contributed by atoms with van der Waals surface area (Å²) in [5.74, 6) is 1.02. The maximum atomic E-state index is 6.08. The third-order valence-electron chi connectivity index (χ3n) is 2.65. The number of rotatable bonds is 3. The fourth-order valence-corrected chi connectivity index (χ4v) is 2.05. The van der Waals surface area contributed by atoms with Crippen LogP contribution in [0.5, 0.6) is 0 Å². The van der Waals surface area contributed by atoms with Crippen molar-refractivity contribution in [3.8, 4) is 0 Å². The summed E-state index contributed by atoms with van der Waals surface area (Å²) >= 11 is 0. The molecule has 0 radical (unpaired) electrons. The Bertz CT molecular complexity index is 520. The Morgan fingerprint density at radius 3 is 2.71 bits per heavy atom. The van der Waals surface area contributed by atoms with Crippen LogP contribution in [0.25, 0.3) is 11.2 Å². The van der Waals surface area contributed by atoms with Gasteiger partial charge in [-0.2, -0.15) is 0 Å². The molecule has 0 aliphatic heterocycles. The summed E-state index contributed by atoms with van der Waals surface area (Å²) < 4.78 is 2.17. The molecule has 4 nitrogen and oxygen atoms in total. The van der Waals surface area contributed by atoms with Gasteiger partial charge in [0.05, 0.1) is 0 Å². The first-order valence-corrected chi connectivity index (χ1v) is 5.99. The molecular weight excluding hydrogens is 212 g/mol. The molecule has 0 saturated carbocycles. The summed E-state index contributed by atoms with van der Waals surface area (Å²) in [5, 5.41) is 0. The van der Waals surface area contributed by atoms with Gasteiger partial charge in [-0.3, -0.25) is 0 Å². The molecule has 0 unspecified atom stereocenters. The standard InChI is InChI=1S/C13H20N4/c1-9(2)17-11(8-13(3,4)14)16-10-6-5-7-15-12(10)17/h5-7,9H,8,14H2,1-4H3. The van der Waals surface area contributed by atoms with E-state index in [-0.39, 0.29) is 5.54 Å². The minimum absolute atomic E-state index is 0.256. The monoisotopic (exact) mass is 232 g/mol. The number of pyridine rings is 1. The minimum atomic E-state index is -0.256. The van der Waals surface area contributed by atoms with Crippen molar-refractivity contribution in [2.75, 3.05) is 0 Å². The number of aromatic nitrogens is 3. The molecule has 0 spiro atoms. The second-order valence-electron chi connectivity index (χ2n) is 5.50. The Labute approximate surface area is 102 Å². The molecule has 17 heavy (non-hydrogen) atoms. The van der Waals surface area contributed by atoms with E-state index in [1.807, 2.05) is 26.0 Å². The lowest BCUT2D eigenvalue weighted by Crippen LogP contribution is -2.35. The lowest BCUT2D eigenvalue weighted by Gasteiger charge is -2.20. The van der Waals surface area contributed by atoms with E-state index in [1.165, 1.54) is 0 Å². The quantitative estimate of drug-likeness (QED) is 0.883. The second kappa shape index (κ2) is 4.11. The van der Waals surface area contributed by atoms with Crippen LogP contribution in [0.3, 0.4) is 0 Å². The van der Waals surface area contributed by atoms with Gasteiger partial charge in [0.25, 0.3) is 0 Å². The highest BCUT2D eigenvalue weighted by Gasteiger charge is 2.20. The van der Waals surface area contributed by atoms with E-state index in [0.717, 1.165) is 23.4 Å². The van der Waals surface area contributed by atoms with Crippen LogP contribution in [-0.4, -0.2) is 20.1 Å². The molecule has 0 saturated heterocycles. The van der Waals surface area contributed by atoms with Crippen LogP contribution in [0.4, 0.5) is 0 Å². The summed E-state index contributed by atoms with van der Waals surface area (Å²) in [5.41, 5.74) is 7.72. The molecule has 0 amide bonds. The van der Waals surface area contributed by atoms with Crippen LogP contribution in [0, 0.1) is 0 Å². The Balaban J connectivity index is 2.58. The summed E-state index contributed by atoms with van der Waals surface area (Å²) in [7, 11) is 0. The third kappa shape index (κ3) is 2.47. The molecule has 0 fully saturated rings. The number of nitrogens with two attached hydrogens (primary N) is 1. The van der Waals surface area contributed by atoms with E-state index in [0.29, 0.717) is 6.04 Å². The molecule has 2 aromatic rings. The van der Waals surface area contributed by atoms with Crippen molar-refractivity contribution in [3.63, 3.8) is 0 Å². The zero-order valence-corrected chi connectivity index (χ0v) is 10.9. The van der Waals surface area contributed by atoms with Gasteiger partial charge in [0, 0.05) is 24.2 Å². The molecule has 92 valence electrons. The number of nitrogens with zero attached hydrogens (tertiary/aromatic N) is 3. The molecular formula is C13H20N4. The lowest BCUT2D eigenvalue weighted by molar-refractivity contribution is 0.474. The molecule has 0 aliphatic carbocycles. The first-order valence-electron chi connectivity index (χ1n) is 5.99. The smallest absolute Gasteiger partial charge is 0.160 e. The third-order valence-corrected chi connectivity index (χ3v) is 2.65. The van der Waals surface area contributed by atoms with Crippen molar-refractivity contribution in [2.24, 2.45) is 5.73 Å². The van der Waals surface area contributed by atoms with Gasteiger partial charge >= 0.3 is 0 Å². The topological polar surface area (TPSA) is 56.7 Å². The van der Waals surface area contributed by atoms with Crippen LogP contribution in [-0.2, 0) is 6.42 Å². The molecule has 2 N–H and O–H groups in total. The molecule has 0 aliphatic rings. The number of hydrogen-bond acceptors (Lipinski definition) is 3. The highest BCUT2D eigenvalue weighted by atomic mass is 15.1. The van der Waals surface area contributed by atoms with Crippen molar-refractivity contribution in [1.82, 2.24) is 14.5 Å². The van der Waals surface area contributed by atoms with Gasteiger partial charge in [0.1, 0.15) is 11.3 Å². The number of fused-ring (bicyclic) bond motifs is 1. The first-order chi connectivity index (χ1) is 7.88. The number of imidazole rings is 1. The van der Waals surface area contributed by atoms with E-state index in [1.54, 1.807) is 6.20 Å². The summed E-state index contributed by atoms with van der Waals surface area (Å²) in [6.07, 6.45) is 2.56. The largest absolute Gasteiger partial charge is 0.325 e. The minimum Gasteiger partial charge on any atom is -0.325 e. The van der Waals surface area contributed by atoms with Gasteiger partial charge in [-0.05, 0) is 39.8 Å². The van der Waals surface area contributed by atoms with E-state index in [9.17, 15) is 0 Å². The van der Waals surface area contributed by atoms with Gasteiger partial charge in [0.15, 0.2) is 5.65 Å². The Morgan fingerprint density at radius 1 is 1.41 bits per heavy atom. The average Bonchev–Trinajstić information content (AvgIpc) is 2.51. The lowest BCUT2D eigenvalue weighted by atomic mass is 10.0. The van der Waals surface area contributed by atoms with Crippen molar-refractivity contribution >= 4 is 11.2 Å². The molecule has 4 heteroatoms. The fraction of sp³-hybridized carbons (Fsp3) is 0.538. The van der Waals surface area contributed by atoms with Crippen molar-refractivity contribution in [3.05, 3.63) is 24.2 Å². The fourth-order valence-electron chi connectivity index (χ4n) is 2.05. The van der Waals surface area contributed by atoms with E-state index < -0.39 is 0 Å². The normalized spacial score (nSPS) is 12.6. The zero-order valence-electron chi connectivity index (χ0n) is 10.9.